The van der Waals surface area contributed by atoms with Crippen molar-refractivity contribution >= 4 is 33.0 Å². The molecule has 0 aromatic heterocycles. The second-order valence-corrected chi connectivity index (χ2v) is 4.73. The summed E-state index contributed by atoms with van der Waals surface area (Å²) in [7, 11) is -3.13. The van der Waals surface area contributed by atoms with E-state index in [0.717, 1.165) is 23.7 Å². The molecule has 3 nitrogen and oxygen atoms in total. The van der Waals surface area contributed by atoms with E-state index in [1.807, 2.05) is 6.92 Å². The topological polar surface area (TPSA) is 57.2 Å². The molecule has 0 amide bonds. The van der Waals surface area contributed by atoms with Crippen molar-refractivity contribution in [2.75, 3.05) is 11.9 Å². The van der Waals surface area contributed by atoms with Gasteiger partial charge in [-0.05, 0) is 0 Å². The summed E-state index contributed by atoms with van der Waals surface area (Å²) in [4.78, 5) is 0. The maximum atomic E-state index is 10.1. The van der Waals surface area contributed by atoms with Crippen LogP contribution < -0.4 is 34.7 Å². The van der Waals surface area contributed by atoms with Crippen LogP contribution in [0.2, 0.25) is 0 Å². The van der Waals surface area contributed by atoms with Crippen molar-refractivity contribution < 1.29 is 43.1 Å². The van der Waals surface area contributed by atoms with Crippen LogP contribution in [-0.4, -0.2) is 20.4 Å². The fourth-order valence-corrected chi connectivity index (χ4v) is 0.348. The second kappa shape index (κ2) is 21.3. The Morgan fingerprint density at radius 3 is 1.56 bits per heavy atom. The molecule has 16 heavy (non-hydrogen) atoms. The van der Waals surface area contributed by atoms with E-state index < -0.39 is 9.84 Å². The number of hydrogen-bond acceptors (Lipinski definition) is 3. The Bertz CT molecular complexity index is 215. The number of halogens is 2. The molecule has 0 radical (unpaired) electrons. The summed E-state index contributed by atoms with van der Waals surface area (Å²) in [6.07, 6.45) is 1.86. The van der Waals surface area contributed by atoms with Gasteiger partial charge in [0.15, 0.2) is 9.84 Å². The van der Waals surface area contributed by atoms with Gasteiger partial charge in [-0.3, -0.25) is 0 Å². The minimum atomic E-state index is -3.13. The Morgan fingerprint density at radius 1 is 1.25 bits per heavy atom. The molecular weight excluding hydrogens is 282 g/mol. The van der Waals surface area contributed by atoms with Gasteiger partial charge in [-0.15, -0.1) is 29.8 Å². The number of rotatable bonds is 4. The van der Waals surface area contributed by atoms with Gasteiger partial charge >= 0.3 is 29.6 Å². The molecule has 0 saturated carbocycles. The standard InChI is InChI=1S/C4H6O2S.C4H9O.CH2Cl2.Na/c1-3-7(5,6)4-2;1-2-3-4-5;2-1-3;/h3-4H,1-2H2;2-4H2,1H3;1H2;/q;-1;;+1. The molecule has 0 atom stereocenters. The molecule has 0 rings (SSSR count). The van der Waals surface area contributed by atoms with Gasteiger partial charge in [0.05, 0.1) is 5.34 Å². The van der Waals surface area contributed by atoms with E-state index >= 15 is 0 Å². The predicted molar refractivity (Wildman–Crippen MR) is 65.7 cm³/mol. The average Bonchev–Trinajstić information content (AvgIpc) is 2.21. The summed E-state index contributed by atoms with van der Waals surface area (Å²) < 4.78 is 20.3. The fourth-order valence-electron chi connectivity index (χ4n) is 0.212. The first-order chi connectivity index (χ1) is 6.95. The van der Waals surface area contributed by atoms with Crippen LogP contribution in [-0.2, 0) is 9.84 Å². The third-order valence-electron chi connectivity index (χ3n) is 0.963. The van der Waals surface area contributed by atoms with Gasteiger partial charge in [0.25, 0.3) is 0 Å². The minimum Gasteiger partial charge on any atom is -0.854 e. The smallest absolute Gasteiger partial charge is 0.854 e. The van der Waals surface area contributed by atoms with Crippen LogP contribution in [0.15, 0.2) is 24.0 Å². The zero-order valence-corrected chi connectivity index (χ0v) is 14.1. The third kappa shape index (κ3) is 36.3. The van der Waals surface area contributed by atoms with Crippen LogP contribution in [0.3, 0.4) is 0 Å². The first-order valence-electron chi connectivity index (χ1n) is 4.15. The van der Waals surface area contributed by atoms with E-state index in [1.54, 1.807) is 0 Å². The molecule has 0 heterocycles. The number of hydrogen-bond donors (Lipinski definition) is 0. The van der Waals surface area contributed by atoms with Crippen molar-refractivity contribution in [3.05, 3.63) is 24.0 Å². The monoisotopic (exact) mass is 298 g/mol. The molecule has 0 bridgehead atoms. The summed E-state index contributed by atoms with van der Waals surface area (Å²) in [5.74, 6) is 0. The van der Waals surface area contributed by atoms with Crippen LogP contribution in [0.5, 0.6) is 0 Å². The van der Waals surface area contributed by atoms with Crippen molar-refractivity contribution in [1.29, 1.82) is 0 Å². The fraction of sp³-hybridized carbons (Fsp3) is 0.556. The van der Waals surface area contributed by atoms with Crippen molar-refractivity contribution in [3.63, 3.8) is 0 Å². The molecule has 0 fully saturated rings. The van der Waals surface area contributed by atoms with E-state index in [1.165, 1.54) is 0 Å². The normalized spacial score (nSPS) is 8.25. The van der Waals surface area contributed by atoms with E-state index in [9.17, 15) is 13.5 Å². The van der Waals surface area contributed by atoms with Gasteiger partial charge in [-0.25, -0.2) is 8.42 Å². The van der Waals surface area contributed by atoms with Crippen LogP contribution in [0.1, 0.15) is 19.8 Å². The summed E-state index contributed by atoms with van der Waals surface area (Å²) in [6, 6.07) is 0. The van der Waals surface area contributed by atoms with Gasteiger partial charge in [-0.1, -0.05) is 32.9 Å². The maximum Gasteiger partial charge on any atom is 1.00 e. The van der Waals surface area contributed by atoms with E-state index in [-0.39, 0.29) is 41.5 Å². The molecular formula is C9H17Cl2NaO3S. The summed E-state index contributed by atoms with van der Waals surface area (Å²) in [5.41, 5.74) is 0. The van der Waals surface area contributed by atoms with Gasteiger partial charge < -0.3 is 5.11 Å². The van der Waals surface area contributed by atoms with Crippen LogP contribution in [0.25, 0.3) is 0 Å². The number of sulfone groups is 1. The molecule has 0 unspecified atom stereocenters. The van der Waals surface area contributed by atoms with E-state index in [4.69, 9.17) is 23.2 Å². The minimum absolute atomic E-state index is 0. The van der Waals surface area contributed by atoms with Crippen molar-refractivity contribution in [2.45, 2.75) is 19.8 Å². The first-order valence-corrected chi connectivity index (χ1v) is 6.83. The largest absolute Gasteiger partial charge is 1.00 e. The SMILES string of the molecule is C=CS(=O)(=O)C=C.CCCC[O-].ClCCl.[Na+]. The molecule has 0 aromatic carbocycles. The van der Waals surface area contributed by atoms with Crippen molar-refractivity contribution in [3.8, 4) is 0 Å². The zero-order valence-electron chi connectivity index (χ0n) is 9.79. The Labute approximate surface area is 131 Å². The zero-order chi connectivity index (χ0) is 12.7. The predicted octanol–water partition coefficient (Wildman–Crippen LogP) is -0.739. The summed E-state index contributed by atoms with van der Waals surface area (Å²) in [6.45, 7) is 8.19. The summed E-state index contributed by atoms with van der Waals surface area (Å²) in [5, 5.41) is 11.4. The second-order valence-electron chi connectivity index (χ2n) is 2.08. The Kier molecular flexibility index (Phi) is 34.2. The van der Waals surface area contributed by atoms with Crippen molar-refractivity contribution in [1.82, 2.24) is 0 Å². The third-order valence-corrected chi connectivity index (χ3v) is 1.89. The Morgan fingerprint density at radius 2 is 1.56 bits per heavy atom. The maximum absolute atomic E-state index is 10.1. The van der Waals surface area contributed by atoms with Crippen LogP contribution >= 0.6 is 23.2 Å². The van der Waals surface area contributed by atoms with Gasteiger partial charge in [-0.2, -0.15) is 0 Å². The number of unbranched alkanes of at least 4 members (excludes halogenated alkanes) is 1. The first kappa shape index (κ1) is 25.7. The quantitative estimate of drug-likeness (QED) is 0.507. The molecule has 0 aliphatic rings. The van der Waals surface area contributed by atoms with Gasteiger partial charge in [0.1, 0.15) is 0 Å². The molecule has 0 aromatic rings. The van der Waals surface area contributed by atoms with Crippen LogP contribution in [0.4, 0.5) is 0 Å². The van der Waals surface area contributed by atoms with E-state index in [2.05, 4.69) is 13.2 Å². The van der Waals surface area contributed by atoms with Gasteiger partial charge in [0, 0.05) is 10.8 Å². The Balaban J connectivity index is -0.0000000710. The molecule has 7 heteroatoms. The average molecular weight is 299 g/mol. The summed E-state index contributed by atoms with van der Waals surface area (Å²) >= 11 is 9.53. The molecule has 92 valence electrons. The van der Waals surface area contributed by atoms with E-state index in [0.29, 0.717) is 0 Å². The molecule has 0 spiro atoms. The number of alkyl halides is 2. The molecule has 0 saturated heterocycles. The molecule has 0 aliphatic heterocycles. The van der Waals surface area contributed by atoms with Crippen LogP contribution in [0, 0.1) is 0 Å². The van der Waals surface area contributed by atoms with Crippen molar-refractivity contribution in [2.24, 2.45) is 0 Å². The molecule has 0 aliphatic carbocycles. The molecule has 0 N–H and O–H groups in total. The Hall–Kier alpha value is 0.970. The van der Waals surface area contributed by atoms with Gasteiger partial charge in [0.2, 0.25) is 0 Å².